The number of furan rings is 1. The van der Waals surface area contributed by atoms with Crippen LogP contribution in [0.1, 0.15) is 49.9 Å². The Hall–Kier alpha value is -2.68. The Morgan fingerprint density at radius 1 is 1.00 bits per heavy atom. The van der Waals surface area contributed by atoms with Gasteiger partial charge in [0.2, 0.25) is 11.4 Å². The molecule has 26 heavy (non-hydrogen) atoms. The van der Waals surface area contributed by atoms with Crippen LogP contribution in [0.4, 0.5) is 0 Å². The maximum Gasteiger partial charge on any atom is 0.227 e. The molecule has 0 fully saturated rings. The van der Waals surface area contributed by atoms with Gasteiger partial charge in [0, 0.05) is 40.9 Å². The molecule has 1 aliphatic rings. The van der Waals surface area contributed by atoms with Crippen molar-refractivity contribution in [2.45, 2.75) is 45.6 Å². The first-order chi connectivity index (χ1) is 12.7. The number of aryl methyl sites for hydroxylation is 1. The minimum absolute atomic E-state index is 0.492. The minimum Gasteiger partial charge on any atom is -0.437 e. The molecule has 1 aromatic carbocycles. The molecular weight excluding hydrogens is 320 g/mol. The molecule has 4 heterocycles. The lowest BCUT2D eigenvalue weighted by atomic mass is 9.80. The molecule has 1 aliphatic heterocycles. The van der Waals surface area contributed by atoms with Gasteiger partial charge in [0.1, 0.15) is 0 Å². The number of hydrogen-bond donors (Lipinski definition) is 0. The summed E-state index contributed by atoms with van der Waals surface area (Å²) >= 11 is 0. The van der Waals surface area contributed by atoms with E-state index in [1.54, 1.807) is 0 Å². The highest BCUT2D eigenvalue weighted by atomic mass is 16.3. The lowest BCUT2D eigenvalue weighted by Crippen LogP contribution is -2.46. The standard InChI is InChI=1S/C23H23N2O/c1-4-15-16-11-12-17-18-10-9-14(3)24-23(18)26-22(17)21(16)20-8-6-7-13-25(20)19(15)5-2/h6-13,15,19H,4-5H2,1-3H3/q+1. The van der Waals surface area contributed by atoms with Crippen molar-refractivity contribution in [2.75, 3.05) is 0 Å². The summed E-state index contributed by atoms with van der Waals surface area (Å²) in [5, 5.41) is 2.26. The Labute approximate surface area is 153 Å². The van der Waals surface area contributed by atoms with Crippen molar-refractivity contribution in [3.8, 4) is 11.3 Å². The molecule has 0 aliphatic carbocycles. The van der Waals surface area contributed by atoms with Crippen LogP contribution in [-0.4, -0.2) is 4.98 Å². The fourth-order valence-corrected chi connectivity index (χ4v) is 4.73. The van der Waals surface area contributed by atoms with Gasteiger partial charge in [0.15, 0.2) is 17.8 Å². The van der Waals surface area contributed by atoms with Gasteiger partial charge in [-0.15, -0.1) is 0 Å². The Balaban J connectivity index is 1.92. The zero-order valence-electron chi connectivity index (χ0n) is 15.5. The molecule has 0 saturated heterocycles. The summed E-state index contributed by atoms with van der Waals surface area (Å²) in [6.45, 7) is 6.58. The van der Waals surface area contributed by atoms with Crippen LogP contribution in [0.3, 0.4) is 0 Å². The highest BCUT2D eigenvalue weighted by molar-refractivity contribution is 6.09. The van der Waals surface area contributed by atoms with E-state index in [0.717, 1.165) is 40.6 Å². The van der Waals surface area contributed by atoms with Crippen molar-refractivity contribution in [3.05, 3.63) is 59.9 Å². The summed E-state index contributed by atoms with van der Waals surface area (Å²) in [5.41, 5.74) is 6.60. The molecule has 4 aromatic rings. The summed E-state index contributed by atoms with van der Waals surface area (Å²) in [4.78, 5) is 4.61. The number of hydrogen-bond acceptors (Lipinski definition) is 2. The van der Waals surface area contributed by atoms with Gasteiger partial charge < -0.3 is 4.42 Å². The van der Waals surface area contributed by atoms with Crippen LogP contribution in [0.5, 0.6) is 0 Å². The molecule has 0 N–H and O–H groups in total. The highest BCUT2D eigenvalue weighted by Crippen LogP contribution is 2.45. The number of fused-ring (bicyclic) bond motifs is 7. The first-order valence-corrected chi connectivity index (χ1v) is 9.56. The van der Waals surface area contributed by atoms with Crippen molar-refractivity contribution in [3.63, 3.8) is 0 Å². The van der Waals surface area contributed by atoms with Crippen LogP contribution in [0.15, 0.2) is 53.1 Å². The number of pyridine rings is 2. The zero-order chi connectivity index (χ0) is 17.8. The largest absolute Gasteiger partial charge is 0.437 e. The van der Waals surface area contributed by atoms with Crippen molar-refractivity contribution >= 4 is 22.1 Å². The van der Waals surface area contributed by atoms with Crippen molar-refractivity contribution in [1.82, 2.24) is 4.98 Å². The van der Waals surface area contributed by atoms with Crippen molar-refractivity contribution < 1.29 is 8.98 Å². The van der Waals surface area contributed by atoms with E-state index in [-0.39, 0.29) is 0 Å². The Morgan fingerprint density at radius 3 is 2.65 bits per heavy atom. The number of rotatable bonds is 2. The molecule has 0 bridgehead atoms. The molecular formula is C23H23N2O+. The third-order valence-electron chi connectivity index (χ3n) is 5.90. The molecule has 0 saturated carbocycles. The topological polar surface area (TPSA) is 29.9 Å². The third-order valence-corrected chi connectivity index (χ3v) is 5.90. The molecule has 2 atom stereocenters. The molecule has 3 nitrogen and oxygen atoms in total. The third kappa shape index (κ3) is 2.00. The van der Waals surface area contributed by atoms with Crippen LogP contribution in [0.25, 0.3) is 33.3 Å². The van der Waals surface area contributed by atoms with Crippen LogP contribution in [0.2, 0.25) is 0 Å². The normalized spacial score (nSPS) is 18.9. The quantitative estimate of drug-likeness (QED) is 0.437. The van der Waals surface area contributed by atoms with Gasteiger partial charge in [-0.2, -0.15) is 4.57 Å². The van der Waals surface area contributed by atoms with E-state index in [9.17, 15) is 0 Å². The SMILES string of the molecule is CCC1c2ccc3c(oc4nc(C)ccc43)c2-c2cccc[n+]2C1CC. The van der Waals surface area contributed by atoms with Crippen LogP contribution in [0, 0.1) is 6.92 Å². The summed E-state index contributed by atoms with van der Waals surface area (Å²) in [7, 11) is 0. The molecule has 3 aromatic heterocycles. The van der Waals surface area contributed by atoms with E-state index in [2.05, 4.69) is 72.1 Å². The van der Waals surface area contributed by atoms with Crippen molar-refractivity contribution in [2.24, 2.45) is 0 Å². The Morgan fingerprint density at radius 2 is 1.85 bits per heavy atom. The van der Waals surface area contributed by atoms with E-state index in [4.69, 9.17) is 4.42 Å². The Kier molecular flexibility index (Phi) is 3.39. The van der Waals surface area contributed by atoms with Gasteiger partial charge in [-0.05, 0) is 37.1 Å². The van der Waals surface area contributed by atoms with Gasteiger partial charge in [0.25, 0.3) is 0 Å². The van der Waals surface area contributed by atoms with Gasteiger partial charge in [0.05, 0.1) is 5.56 Å². The predicted octanol–water partition coefficient (Wildman–Crippen LogP) is 5.70. The molecule has 130 valence electrons. The average Bonchev–Trinajstić information content (AvgIpc) is 3.03. The predicted molar refractivity (Wildman–Crippen MR) is 104 cm³/mol. The first kappa shape index (κ1) is 15.6. The second kappa shape index (κ2) is 5.66. The van der Waals surface area contributed by atoms with Crippen LogP contribution < -0.4 is 4.57 Å². The second-order valence-corrected chi connectivity index (χ2v) is 7.30. The summed E-state index contributed by atoms with van der Waals surface area (Å²) in [6, 6.07) is 15.7. The molecule has 0 radical (unpaired) electrons. The number of aromatic nitrogens is 2. The van der Waals surface area contributed by atoms with Gasteiger partial charge >= 0.3 is 0 Å². The van der Waals surface area contributed by atoms with Crippen LogP contribution in [-0.2, 0) is 0 Å². The molecule has 5 rings (SSSR count). The maximum atomic E-state index is 6.33. The van der Waals surface area contributed by atoms with E-state index in [1.165, 1.54) is 16.8 Å². The molecule has 0 amide bonds. The molecule has 0 spiro atoms. The number of nitrogens with zero attached hydrogens (tertiary/aromatic N) is 2. The van der Waals surface area contributed by atoms with E-state index in [0.29, 0.717) is 12.0 Å². The monoisotopic (exact) mass is 343 g/mol. The fraction of sp³-hybridized carbons (Fsp3) is 0.304. The fourth-order valence-electron chi connectivity index (χ4n) is 4.73. The highest BCUT2D eigenvalue weighted by Gasteiger charge is 2.39. The first-order valence-electron chi connectivity index (χ1n) is 9.56. The molecule has 3 heteroatoms. The Bertz CT molecular complexity index is 1140. The van der Waals surface area contributed by atoms with Gasteiger partial charge in [-0.3, -0.25) is 0 Å². The van der Waals surface area contributed by atoms with Crippen LogP contribution >= 0.6 is 0 Å². The zero-order valence-corrected chi connectivity index (χ0v) is 15.5. The van der Waals surface area contributed by atoms with E-state index < -0.39 is 0 Å². The summed E-state index contributed by atoms with van der Waals surface area (Å²) in [6.07, 6.45) is 4.47. The van der Waals surface area contributed by atoms with Gasteiger partial charge in [-0.25, -0.2) is 4.98 Å². The molecule has 2 unspecified atom stereocenters. The average molecular weight is 343 g/mol. The van der Waals surface area contributed by atoms with E-state index >= 15 is 0 Å². The lowest BCUT2D eigenvalue weighted by molar-refractivity contribution is -0.718. The van der Waals surface area contributed by atoms with Crippen molar-refractivity contribution in [1.29, 1.82) is 0 Å². The maximum absolute atomic E-state index is 6.33. The lowest BCUT2D eigenvalue weighted by Gasteiger charge is -2.29. The second-order valence-electron chi connectivity index (χ2n) is 7.30. The minimum atomic E-state index is 0.492. The summed E-state index contributed by atoms with van der Waals surface area (Å²) in [5.74, 6) is 0.502. The van der Waals surface area contributed by atoms with Gasteiger partial charge in [-0.1, -0.05) is 26.0 Å². The van der Waals surface area contributed by atoms with E-state index in [1.807, 2.05) is 6.92 Å². The summed E-state index contributed by atoms with van der Waals surface area (Å²) < 4.78 is 8.77. The smallest absolute Gasteiger partial charge is 0.227 e. The number of benzene rings is 1.